The fraction of sp³-hybridized carbons (Fsp3) is 0.667. The van der Waals surface area contributed by atoms with Gasteiger partial charge in [0.2, 0.25) is 23.1 Å². The second-order valence-corrected chi connectivity index (χ2v) is 4.93. The molecule has 1 N–H and O–H groups in total. The molecule has 1 aliphatic heterocycles. The number of rotatable bonds is 5. The summed E-state index contributed by atoms with van der Waals surface area (Å²) in [5, 5.41) is 2.99. The number of carbonyl (C=O) groups excluding carboxylic acids is 1. The fourth-order valence-corrected chi connectivity index (χ4v) is 1.95. The molecule has 1 aliphatic rings. The Bertz CT molecular complexity index is 495. The third-order valence-electron chi connectivity index (χ3n) is 3.19. The van der Waals surface area contributed by atoms with Gasteiger partial charge in [-0.25, -0.2) is 0 Å². The summed E-state index contributed by atoms with van der Waals surface area (Å²) in [5.41, 5.74) is 0. The summed E-state index contributed by atoms with van der Waals surface area (Å²) in [4.78, 5) is 27.7. The van der Waals surface area contributed by atoms with Crippen molar-refractivity contribution in [3.63, 3.8) is 0 Å². The van der Waals surface area contributed by atoms with E-state index in [0.29, 0.717) is 44.7 Å². The number of hydrogen-bond donors (Lipinski definition) is 1. The van der Waals surface area contributed by atoms with E-state index >= 15 is 0 Å². The Morgan fingerprint density at radius 3 is 2.76 bits per heavy atom. The molecule has 0 aromatic carbocycles. The van der Waals surface area contributed by atoms with Gasteiger partial charge in [0.25, 0.3) is 0 Å². The average Bonchev–Trinajstić information content (AvgIpc) is 2.52. The van der Waals surface area contributed by atoms with Crippen molar-refractivity contribution in [1.82, 2.24) is 19.9 Å². The van der Waals surface area contributed by atoms with E-state index in [-0.39, 0.29) is 17.7 Å². The molecule has 1 aromatic rings. The number of nitrogens with zero attached hydrogens (tertiary/aromatic N) is 5. The predicted molar refractivity (Wildman–Crippen MR) is 79.7 cm³/mol. The summed E-state index contributed by atoms with van der Waals surface area (Å²) in [5.74, 6) is 0.758. The molecule has 1 amide bonds. The lowest BCUT2D eigenvalue weighted by Crippen LogP contribution is -2.37. The molecule has 0 bridgehead atoms. The molecule has 1 saturated heterocycles. The van der Waals surface area contributed by atoms with E-state index < -0.39 is 0 Å². The van der Waals surface area contributed by atoms with Gasteiger partial charge in [-0.15, -0.1) is 0 Å². The first-order valence-corrected chi connectivity index (χ1v) is 7.20. The van der Waals surface area contributed by atoms with Crippen molar-refractivity contribution < 1.29 is 9.53 Å². The minimum absolute atomic E-state index is 0.0399. The van der Waals surface area contributed by atoms with Crippen LogP contribution >= 0.6 is 11.6 Å². The normalized spacial score (nSPS) is 14.9. The van der Waals surface area contributed by atoms with Gasteiger partial charge in [0, 0.05) is 26.7 Å². The van der Waals surface area contributed by atoms with Gasteiger partial charge in [0.05, 0.1) is 19.8 Å². The van der Waals surface area contributed by atoms with Crippen LogP contribution in [0.25, 0.3) is 0 Å². The summed E-state index contributed by atoms with van der Waals surface area (Å²) in [6, 6.07) is 0. The standard InChI is InChI=1S/C12H19ClN6O2/c1-3-18(2)9(20)8-14-11-15-10(13)16-12(17-11)19-4-6-21-7-5-19/h3-8H2,1-2H3,(H,14,15,16,17). The Kier molecular flexibility index (Phi) is 5.51. The number of nitrogens with one attached hydrogen (secondary N) is 1. The number of ether oxygens (including phenoxy) is 1. The first kappa shape index (κ1) is 15.7. The maximum atomic E-state index is 11.8. The van der Waals surface area contributed by atoms with Crippen molar-refractivity contribution in [2.24, 2.45) is 0 Å². The number of anilines is 2. The van der Waals surface area contributed by atoms with Gasteiger partial charge in [-0.3, -0.25) is 4.79 Å². The Hall–Kier alpha value is -1.67. The first-order valence-electron chi connectivity index (χ1n) is 6.82. The van der Waals surface area contributed by atoms with Gasteiger partial charge in [-0.2, -0.15) is 15.0 Å². The van der Waals surface area contributed by atoms with Gasteiger partial charge < -0.3 is 19.9 Å². The molecule has 1 aromatic heterocycles. The smallest absolute Gasteiger partial charge is 0.241 e. The number of hydrogen-bond acceptors (Lipinski definition) is 7. The van der Waals surface area contributed by atoms with Crippen LogP contribution in [0.4, 0.5) is 11.9 Å². The van der Waals surface area contributed by atoms with Crippen molar-refractivity contribution in [2.45, 2.75) is 6.92 Å². The van der Waals surface area contributed by atoms with Gasteiger partial charge in [-0.05, 0) is 18.5 Å². The Morgan fingerprint density at radius 2 is 2.10 bits per heavy atom. The van der Waals surface area contributed by atoms with E-state index in [1.807, 2.05) is 11.8 Å². The number of likely N-dealkylation sites (N-methyl/N-ethyl adjacent to an activating group) is 1. The largest absolute Gasteiger partial charge is 0.378 e. The highest BCUT2D eigenvalue weighted by Crippen LogP contribution is 2.14. The van der Waals surface area contributed by atoms with Crippen molar-refractivity contribution in [3.8, 4) is 0 Å². The van der Waals surface area contributed by atoms with Crippen molar-refractivity contribution in [1.29, 1.82) is 0 Å². The quantitative estimate of drug-likeness (QED) is 0.834. The summed E-state index contributed by atoms with van der Waals surface area (Å²) in [6.45, 7) is 5.35. The molecule has 1 fully saturated rings. The zero-order valence-electron chi connectivity index (χ0n) is 12.2. The topological polar surface area (TPSA) is 83.5 Å². The average molecular weight is 315 g/mol. The molecular weight excluding hydrogens is 296 g/mol. The van der Waals surface area contributed by atoms with Crippen LogP contribution in [0, 0.1) is 0 Å². The van der Waals surface area contributed by atoms with Crippen LogP contribution < -0.4 is 10.2 Å². The molecule has 0 aliphatic carbocycles. The molecule has 8 nitrogen and oxygen atoms in total. The fourth-order valence-electron chi connectivity index (χ4n) is 1.79. The van der Waals surface area contributed by atoms with Crippen LogP contribution in [0.3, 0.4) is 0 Å². The Labute approximate surface area is 128 Å². The Balaban J connectivity index is 2.02. The number of halogens is 1. The second kappa shape index (κ2) is 7.37. The summed E-state index contributed by atoms with van der Waals surface area (Å²) < 4.78 is 5.29. The highest BCUT2D eigenvalue weighted by molar-refractivity contribution is 6.28. The number of carbonyl (C=O) groups is 1. The van der Waals surface area contributed by atoms with Crippen molar-refractivity contribution in [3.05, 3.63) is 5.28 Å². The monoisotopic (exact) mass is 314 g/mol. The van der Waals surface area contributed by atoms with Crippen LogP contribution in [-0.4, -0.2) is 72.2 Å². The molecule has 116 valence electrons. The summed E-state index contributed by atoms with van der Waals surface area (Å²) in [6.07, 6.45) is 0. The summed E-state index contributed by atoms with van der Waals surface area (Å²) >= 11 is 5.92. The lowest BCUT2D eigenvalue weighted by molar-refractivity contribution is -0.127. The van der Waals surface area contributed by atoms with Gasteiger partial charge >= 0.3 is 0 Å². The van der Waals surface area contributed by atoms with E-state index in [1.54, 1.807) is 11.9 Å². The zero-order chi connectivity index (χ0) is 15.2. The Morgan fingerprint density at radius 1 is 1.38 bits per heavy atom. The maximum absolute atomic E-state index is 11.8. The highest BCUT2D eigenvalue weighted by atomic mass is 35.5. The van der Waals surface area contributed by atoms with Gasteiger partial charge in [0.15, 0.2) is 0 Å². The minimum Gasteiger partial charge on any atom is -0.378 e. The minimum atomic E-state index is -0.0399. The third-order valence-corrected chi connectivity index (χ3v) is 3.36. The SMILES string of the molecule is CCN(C)C(=O)CNc1nc(Cl)nc(N2CCOCC2)n1. The lowest BCUT2D eigenvalue weighted by atomic mass is 10.4. The molecule has 0 unspecified atom stereocenters. The van der Waals surface area contributed by atoms with Gasteiger partial charge in [0.1, 0.15) is 0 Å². The molecule has 0 spiro atoms. The van der Waals surface area contributed by atoms with Gasteiger partial charge in [-0.1, -0.05) is 0 Å². The molecule has 2 heterocycles. The third kappa shape index (κ3) is 4.40. The van der Waals surface area contributed by atoms with E-state index in [9.17, 15) is 4.79 Å². The van der Waals surface area contributed by atoms with Crippen LogP contribution in [0.1, 0.15) is 6.92 Å². The van der Waals surface area contributed by atoms with E-state index in [4.69, 9.17) is 16.3 Å². The maximum Gasteiger partial charge on any atom is 0.241 e. The highest BCUT2D eigenvalue weighted by Gasteiger charge is 2.16. The van der Waals surface area contributed by atoms with E-state index in [0.717, 1.165) is 0 Å². The number of morpholine rings is 1. The zero-order valence-corrected chi connectivity index (χ0v) is 12.9. The molecule has 21 heavy (non-hydrogen) atoms. The van der Waals surface area contributed by atoms with Crippen LogP contribution in [0.2, 0.25) is 5.28 Å². The van der Waals surface area contributed by atoms with E-state index in [1.165, 1.54) is 0 Å². The van der Waals surface area contributed by atoms with Crippen LogP contribution in [0.15, 0.2) is 0 Å². The van der Waals surface area contributed by atoms with Crippen LogP contribution in [0.5, 0.6) is 0 Å². The van der Waals surface area contributed by atoms with Crippen molar-refractivity contribution in [2.75, 3.05) is 56.7 Å². The summed E-state index contributed by atoms with van der Waals surface area (Å²) in [7, 11) is 1.74. The van der Waals surface area contributed by atoms with Crippen LogP contribution in [-0.2, 0) is 9.53 Å². The lowest BCUT2D eigenvalue weighted by Gasteiger charge is -2.26. The molecule has 0 saturated carbocycles. The molecule has 2 rings (SSSR count). The number of aromatic nitrogens is 3. The predicted octanol–water partition coefficient (Wildman–Crippen LogP) is 0.252. The molecule has 9 heteroatoms. The van der Waals surface area contributed by atoms with Crippen molar-refractivity contribution >= 4 is 29.4 Å². The molecule has 0 radical (unpaired) electrons. The first-order chi connectivity index (χ1) is 10.1. The molecular formula is C12H19ClN6O2. The second-order valence-electron chi connectivity index (χ2n) is 4.59. The van der Waals surface area contributed by atoms with E-state index in [2.05, 4.69) is 20.3 Å². The number of amides is 1. The molecule has 0 atom stereocenters.